The zero-order valence-electron chi connectivity index (χ0n) is 13.4. The fourth-order valence-electron chi connectivity index (χ4n) is 1.71. The van der Waals surface area contributed by atoms with Crippen LogP contribution < -0.4 is 5.73 Å². The lowest BCUT2D eigenvalue weighted by atomic mass is 10.1. The summed E-state index contributed by atoms with van der Waals surface area (Å²) in [6.45, 7) is 0. The number of para-hydroxylation sites is 1. The Morgan fingerprint density at radius 1 is 0.654 bits per heavy atom. The zero-order chi connectivity index (χ0) is 18.5. The average molecular weight is 361 g/mol. The number of anilines is 1. The number of halogens is 3. The number of benzene rings is 3. The van der Waals surface area contributed by atoms with Gasteiger partial charge in [0.25, 0.3) is 0 Å². The third kappa shape index (κ3) is 10.6. The normalized spacial score (nSPS) is 9.35. The molecule has 138 valence electrons. The maximum atomic E-state index is 10.4. The molecule has 3 aromatic rings. The molecule has 0 aliphatic heterocycles. The minimum Gasteiger partial charge on any atom is -0.399 e. The van der Waals surface area contributed by atoms with Crippen molar-refractivity contribution in [1.29, 1.82) is 0 Å². The van der Waals surface area contributed by atoms with E-state index in [1.807, 2.05) is 42.5 Å². The van der Waals surface area contributed by atoms with Crippen LogP contribution in [0.1, 0.15) is 7.43 Å². The molecule has 0 aliphatic rings. The highest BCUT2D eigenvalue weighted by Gasteiger charge is 2.24. The van der Waals surface area contributed by atoms with E-state index in [0.717, 1.165) is 5.69 Å². The fourth-order valence-corrected chi connectivity index (χ4v) is 1.71. The molecule has 5 heteroatoms. The molecule has 0 amide bonds. The summed E-state index contributed by atoms with van der Waals surface area (Å²) in [6.07, 6.45) is -5.70. The average Bonchev–Trinajstić information content (AvgIpc) is 2.64. The summed E-state index contributed by atoms with van der Waals surface area (Å²) < 4.78 is 31.2. The van der Waals surface area contributed by atoms with Gasteiger partial charge in [0.1, 0.15) is 0 Å². The third-order valence-corrected chi connectivity index (χ3v) is 2.81. The fraction of sp³-hybridized carbons (Fsp3) is 0.0952. The van der Waals surface area contributed by atoms with Crippen LogP contribution in [0.25, 0.3) is 11.1 Å². The van der Waals surface area contributed by atoms with E-state index in [9.17, 15) is 13.2 Å². The van der Waals surface area contributed by atoms with E-state index < -0.39 is 12.5 Å². The molecule has 0 unspecified atom stereocenters. The molecule has 0 aromatic heterocycles. The largest absolute Gasteiger partial charge is 0.446 e. The maximum absolute atomic E-state index is 10.4. The molecule has 3 rings (SSSR count). The first-order chi connectivity index (χ1) is 11.9. The van der Waals surface area contributed by atoms with Gasteiger partial charge in [0, 0.05) is 5.69 Å². The van der Waals surface area contributed by atoms with Crippen molar-refractivity contribution >= 4 is 12.0 Å². The van der Waals surface area contributed by atoms with Crippen LogP contribution in [0.5, 0.6) is 0 Å². The molecule has 0 spiro atoms. The summed E-state index contributed by atoms with van der Waals surface area (Å²) in [7, 11) is 0. The second-order valence-corrected chi connectivity index (χ2v) is 4.80. The number of alkyl halides is 3. The molecular formula is C21H22F3NO. The van der Waals surface area contributed by atoms with Crippen molar-refractivity contribution in [3.8, 4) is 11.1 Å². The molecule has 0 fully saturated rings. The van der Waals surface area contributed by atoms with Gasteiger partial charge >= 0.3 is 6.18 Å². The first-order valence-corrected chi connectivity index (χ1v) is 7.36. The van der Waals surface area contributed by atoms with Gasteiger partial charge in [-0.15, -0.1) is 0 Å². The lowest BCUT2D eigenvalue weighted by Crippen LogP contribution is -2.07. The first-order valence-electron chi connectivity index (χ1n) is 7.36. The van der Waals surface area contributed by atoms with E-state index in [1.54, 1.807) is 0 Å². The Morgan fingerprint density at radius 2 is 0.923 bits per heavy atom. The molecule has 26 heavy (non-hydrogen) atoms. The van der Waals surface area contributed by atoms with Crippen LogP contribution in [-0.2, 0) is 4.79 Å². The van der Waals surface area contributed by atoms with Crippen molar-refractivity contribution in [2.24, 2.45) is 0 Å². The molecular weight excluding hydrogens is 339 g/mol. The summed E-state index contributed by atoms with van der Waals surface area (Å²) >= 11 is 0. The Bertz CT molecular complexity index is 677. The summed E-state index contributed by atoms with van der Waals surface area (Å²) in [6, 6.07) is 30.3. The number of aldehydes is 1. The van der Waals surface area contributed by atoms with Gasteiger partial charge in [-0.25, -0.2) is 0 Å². The van der Waals surface area contributed by atoms with Crippen molar-refractivity contribution in [2.45, 2.75) is 13.6 Å². The Kier molecular flexibility index (Phi) is 10.8. The van der Waals surface area contributed by atoms with E-state index >= 15 is 0 Å². The van der Waals surface area contributed by atoms with Crippen molar-refractivity contribution in [3.05, 3.63) is 91.0 Å². The standard InChI is InChI=1S/C12H10.C6H7N.C2HF3O.CH4/c1-3-7-11(8-4-1)12-9-5-2-6-10-12;7-6-4-2-1-3-5-6;3-2(4,5)1-6;/h1-10H;1-5H,7H2;1H;1H4. The highest BCUT2D eigenvalue weighted by atomic mass is 19.4. The Labute approximate surface area is 152 Å². The van der Waals surface area contributed by atoms with Crippen molar-refractivity contribution in [3.63, 3.8) is 0 Å². The molecule has 0 saturated heterocycles. The number of hydrogen-bond donors (Lipinski definition) is 1. The smallest absolute Gasteiger partial charge is 0.399 e. The monoisotopic (exact) mass is 361 g/mol. The molecule has 0 bridgehead atoms. The highest BCUT2D eigenvalue weighted by Crippen LogP contribution is 2.17. The lowest BCUT2D eigenvalue weighted by molar-refractivity contribution is -0.156. The molecule has 0 saturated carbocycles. The molecule has 2 N–H and O–H groups in total. The molecule has 0 radical (unpaired) electrons. The molecule has 2 nitrogen and oxygen atoms in total. The van der Waals surface area contributed by atoms with Gasteiger partial charge in [-0.05, 0) is 23.3 Å². The quantitative estimate of drug-likeness (QED) is 0.426. The van der Waals surface area contributed by atoms with Crippen LogP contribution in [0, 0.1) is 0 Å². The van der Waals surface area contributed by atoms with Gasteiger partial charge in [-0.1, -0.05) is 86.3 Å². The Balaban J connectivity index is 0.000000387. The van der Waals surface area contributed by atoms with Crippen LogP contribution in [0.4, 0.5) is 18.9 Å². The van der Waals surface area contributed by atoms with Crippen LogP contribution in [0.2, 0.25) is 0 Å². The number of hydrogen-bond acceptors (Lipinski definition) is 2. The van der Waals surface area contributed by atoms with Crippen LogP contribution in [0.3, 0.4) is 0 Å². The van der Waals surface area contributed by atoms with Crippen LogP contribution in [0.15, 0.2) is 91.0 Å². The van der Waals surface area contributed by atoms with Crippen molar-refractivity contribution < 1.29 is 18.0 Å². The molecule has 0 aliphatic carbocycles. The number of rotatable bonds is 1. The van der Waals surface area contributed by atoms with Gasteiger partial charge in [0.2, 0.25) is 6.29 Å². The molecule has 0 atom stereocenters. The van der Waals surface area contributed by atoms with E-state index in [2.05, 4.69) is 48.5 Å². The summed E-state index contributed by atoms with van der Waals surface area (Å²) in [5.41, 5.74) is 8.73. The second-order valence-electron chi connectivity index (χ2n) is 4.80. The minimum atomic E-state index is -4.64. The van der Waals surface area contributed by atoms with E-state index in [1.165, 1.54) is 11.1 Å². The van der Waals surface area contributed by atoms with Gasteiger partial charge in [-0.3, -0.25) is 4.79 Å². The first kappa shape index (κ1) is 22.9. The number of carbonyl (C=O) groups is 1. The van der Waals surface area contributed by atoms with Crippen LogP contribution in [-0.4, -0.2) is 12.5 Å². The van der Waals surface area contributed by atoms with Gasteiger partial charge < -0.3 is 5.73 Å². The third-order valence-electron chi connectivity index (χ3n) is 2.81. The summed E-state index contributed by atoms with van der Waals surface area (Å²) in [5, 5.41) is 0. The van der Waals surface area contributed by atoms with Crippen molar-refractivity contribution in [2.75, 3.05) is 5.73 Å². The zero-order valence-corrected chi connectivity index (χ0v) is 13.4. The minimum absolute atomic E-state index is 0. The summed E-state index contributed by atoms with van der Waals surface area (Å²) in [4.78, 5) is 8.70. The van der Waals surface area contributed by atoms with Crippen LogP contribution >= 0.6 is 0 Å². The van der Waals surface area contributed by atoms with Gasteiger partial charge in [0.05, 0.1) is 0 Å². The predicted molar refractivity (Wildman–Crippen MR) is 102 cm³/mol. The second kappa shape index (κ2) is 12.3. The van der Waals surface area contributed by atoms with Gasteiger partial charge in [0.15, 0.2) is 0 Å². The SMILES string of the molecule is C.Nc1ccccc1.O=CC(F)(F)F.c1ccc(-c2ccccc2)cc1. The van der Waals surface area contributed by atoms with E-state index in [0.29, 0.717) is 0 Å². The summed E-state index contributed by atoms with van der Waals surface area (Å²) in [5.74, 6) is 0. The maximum Gasteiger partial charge on any atom is 0.446 e. The topological polar surface area (TPSA) is 43.1 Å². The Hall–Kier alpha value is -3.08. The number of nitrogens with two attached hydrogens (primary N) is 1. The van der Waals surface area contributed by atoms with Crippen molar-refractivity contribution in [1.82, 2.24) is 0 Å². The lowest BCUT2D eigenvalue weighted by Gasteiger charge is -1.98. The Morgan fingerprint density at radius 3 is 1.12 bits per heavy atom. The highest BCUT2D eigenvalue weighted by molar-refractivity contribution is 5.62. The number of carbonyl (C=O) groups excluding carboxylic acids is 1. The predicted octanol–water partition coefficient (Wildman–Crippen LogP) is 6.01. The molecule has 3 aromatic carbocycles. The van der Waals surface area contributed by atoms with Gasteiger partial charge in [-0.2, -0.15) is 13.2 Å². The molecule has 0 heterocycles. The number of nitrogen functional groups attached to an aromatic ring is 1. The van der Waals surface area contributed by atoms with E-state index in [-0.39, 0.29) is 7.43 Å². The van der Waals surface area contributed by atoms with E-state index in [4.69, 9.17) is 10.5 Å².